The number of hydrogen-bond donors (Lipinski definition) is 2. The molecule has 3 aromatic heterocycles. The van der Waals surface area contributed by atoms with Crippen molar-refractivity contribution in [1.29, 1.82) is 0 Å². The van der Waals surface area contributed by atoms with E-state index in [0.717, 1.165) is 24.2 Å². The van der Waals surface area contributed by atoms with Crippen LogP contribution in [-0.2, 0) is 4.79 Å². The van der Waals surface area contributed by atoms with Gasteiger partial charge in [0.2, 0.25) is 5.91 Å². The third kappa shape index (κ3) is 3.85. The molecule has 136 valence electrons. The minimum atomic E-state index is 0.105. The Morgan fingerprint density at radius 1 is 1.19 bits per heavy atom. The first-order valence-corrected chi connectivity index (χ1v) is 10.0. The average molecular weight is 370 g/mol. The van der Waals surface area contributed by atoms with Crippen LogP contribution in [-0.4, -0.2) is 38.3 Å². The van der Waals surface area contributed by atoms with Crippen molar-refractivity contribution in [3.05, 3.63) is 29.0 Å². The molecule has 0 saturated heterocycles. The molecule has 1 aliphatic carbocycles. The summed E-state index contributed by atoms with van der Waals surface area (Å²) in [4.78, 5) is 12.1. The van der Waals surface area contributed by atoms with Gasteiger partial charge in [-0.05, 0) is 36.4 Å². The Morgan fingerprint density at radius 3 is 2.88 bits per heavy atom. The molecule has 1 saturated carbocycles. The van der Waals surface area contributed by atoms with Crippen LogP contribution in [0.1, 0.15) is 38.5 Å². The van der Waals surface area contributed by atoms with Crippen molar-refractivity contribution in [1.82, 2.24) is 25.1 Å². The van der Waals surface area contributed by atoms with Gasteiger partial charge in [-0.2, -0.15) is 15.9 Å². The Morgan fingerprint density at radius 2 is 2.08 bits per heavy atom. The molecule has 0 atom stereocenters. The summed E-state index contributed by atoms with van der Waals surface area (Å²) >= 11 is 1.61. The molecule has 1 aliphatic rings. The normalized spacial score (nSPS) is 15.2. The van der Waals surface area contributed by atoms with E-state index >= 15 is 0 Å². The molecule has 3 heterocycles. The molecule has 7 nitrogen and oxygen atoms in total. The van der Waals surface area contributed by atoms with E-state index in [1.807, 2.05) is 29.0 Å². The third-order valence-electron chi connectivity index (χ3n) is 4.67. The highest BCUT2D eigenvalue weighted by atomic mass is 32.1. The van der Waals surface area contributed by atoms with E-state index in [1.165, 1.54) is 19.3 Å². The number of fused-ring (bicyclic) bond motifs is 1. The second-order valence-electron chi connectivity index (χ2n) is 6.60. The van der Waals surface area contributed by atoms with Crippen molar-refractivity contribution < 1.29 is 4.79 Å². The molecule has 4 rings (SSSR count). The maximum atomic E-state index is 12.1. The van der Waals surface area contributed by atoms with Crippen LogP contribution in [0.15, 0.2) is 29.0 Å². The zero-order valence-corrected chi connectivity index (χ0v) is 15.3. The number of anilines is 1. The van der Waals surface area contributed by atoms with Gasteiger partial charge in [0.15, 0.2) is 11.5 Å². The van der Waals surface area contributed by atoms with E-state index in [2.05, 4.69) is 25.9 Å². The maximum Gasteiger partial charge on any atom is 0.221 e. The second kappa shape index (κ2) is 7.82. The smallest absolute Gasteiger partial charge is 0.221 e. The van der Waals surface area contributed by atoms with Crippen molar-refractivity contribution in [2.24, 2.45) is 0 Å². The number of amides is 1. The van der Waals surface area contributed by atoms with Crippen LogP contribution >= 0.6 is 11.3 Å². The number of hydrogen-bond acceptors (Lipinski definition) is 6. The minimum Gasteiger partial charge on any atom is -0.368 e. The molecule has 1 fully saturated rings. The lowest BCUT2D eigenvalue weighted by Gasteiger charge is -2.22. The van der Waals surface area contributed by atoms with Gasteiger partial charge in [-0.25, -0.2) is 0 Å². The lowest BCUT2D eigenvalue weighted by Crippen LogP contribution is -2.36. The molecule has 0 aliphatic heterocycles. The first-order valence-electron chi connectivity index (χ1n) is 9.08. The standard InChI is InChI=1S/C18H22N6OS/c25-17(20-14-4-2-1-3-5-14)8-10-19-15-6-7-16-21-22-18(24(16)23-15)13-9-11-26-12-13/h6-7,9,11-12,14H,1-5,8,10H2,(H,19,23)(H,20,25). The summed E-state index contributed by atoms with van der Waals surface area (Å²) < 4.78 is 1.73. The minimum absolute atomic E-state index is 0.105. The summed E-state index contributed by atoms with van der Waals surface area (Å²) in [5, 5.41) is 23.3. The largest absolute Gasteiger partial charge is 0.368 e. The highest BCUT2D eigenvalue weighted by Crippen LogP contribution is 2.21. The number of aromatic nitrogens is 4. The predicted molar refractivity (Wildman–Crippen MR) is 102 cm³/mol. The Kier molecular flexibility index (Phi) is 5.10. The van der Waals surface area contributed by atoms with Crippen molar-refractivity contribution in [2.75, 3.05) is 11.9 Å². The summed E-state index contributed by atoms with van der Waals surface area (Å²) in [5.74, 6) is 1.54. The van der Waals surface area contributed by atoms with Gasteiger partial charge in [-0.3, -0.25) is 4.79 Å². The molecular weight excluding hydrogens is 348 g/mol. The highest BCUT2D eigenvalue weighted by Gasteiger charge is 2.15. The first kappa shape index (κ1) is 17.0. The molecule has 8 heteroatoms. The number of nitrogens with one attached hydrogen (secondary N) is 2. The molecule has 26 heavy (non-hydrogen) atoms. The van der Waals surface area contributed by atoms with E-state index in [0.29, 0.717) is 30.5 Å². The quantitative estimate of drug-likeness (QED) is 0.696. The Labute approximate surface area is 155 Å². The molecule has 0 bridgehead atoms. The van der Waals surface area contributed by atoms with Crippen LogP contribution in [0.3, 0.4) is 0 Å². The van der Waals surface area contributed by atoms with Gasteiger partial charge < -0.3 is 10.6 Å². The SMILES string of the molecule is O=C(CCNc1ccc2nnc(-c3ccsc3)n2n1)NC1CCCCC1. The summed E-state index contributed by atoms with van der Waals surface area (Å²) in [7, 11) is 0. The van der Waals surface area contributed by atoms with Gasteiger partial charge in [0, 0.05) is 30.0 Å². The number of thiophene rings is 1. The van der Waals surface area contributed by atoms with Gasteiger partial charge in [0.1, 0.15) is 5.82 Å². The Hall–Kier alpha value is -2.48. The molecule has 2 N–H and O–H groups in total. The van der Waals surface area contributed by atoms with Crippen LogP contribution in [0.4, 0.5) is 5.82 Å². The van der Waals surface area contributed by atoms with Crippen LogP contribution in [0.2, 0.25) is 0 Å². The Bertz CT molecular complexity index is 869. The lowest BCUT2D eigenvalue weighted by molar-refractivity contribution is -0.121. The van der Waals surface area contributed by atoms with Crippen molar-refractivity contribution in [3.8, 4) is 11.4 Å². The average Bonchev–Trinajstić information content (AvgIpc) is 3.31. The fourth-order valence-electron chi connectivity index (χ4n) is 3.31. The number of carbonyl (C=O) groups excluding carboxylic acids is 1. The zero-order chi connectivity index (χ0) is 17.8. The van der Waals surface area contributed by atoms with E-state index in [9.17, 15) is 4.79 Å². The summed E-state index contributed by atoms with van der Waals surface area (Å²) in [6, 6.07) is 6.09. The number of carbonyl (C=O) groups is 1. The molecule has 1 amide bonds. The molecule has 0 spiro atoms. The van der Waals surface area contributed by atoms with Gasteiger partial charge in [0.25, 0.3) is 0 Å². The second-order valence-corrected chi connectivity index (χ2v) is 7.38. The molecule has 0 aromatic carbocycles. The van der Waals surface area contributed by atoms with Crippen LogP contribution in [0.5, 0.6) is 0 Å². The first-order chi connectivity index (χ1) is 12.8. The fourth-order valence-corrected chi connectivity index (χ4v) is 3.94. The van der Waals surface area contributed by atoms with Gasteiger partial charge in [-0.15, -0.1) is 15.3 Å². The number of rotatable bonds is 6. The maximum absolute atomic E-state index is 12.1. The monoisotopic (exact) mass is 370 g/mol. The summed E-state index contributed by atoms with van der Waals surface area (Å²) in [5.41, 5.74) is 1.70. The van der Waals surface area contributed by atoms with E-state index in [4.69, 9.17) is 0 Å². The van der Waals surface area contributed by atoms with Crippen LogP contribution < -0.4 is 10.6 Å². The highest BCUT2D eigenvalue weighted by molar-refractivity contribution is 7.08. The van der Waals surface area contributed by atoms with Crippen molar-refractivity contribution in [3.63, 3.8) is 0 Å². The number of nitrogens with zero attached hydrogens (tertiary/aromatic N) is 4. The molecule has 0 radical (unpaired) electrons. The van der Waals surface area contributed by atoms with Crippen LogP contribution in [0.25, 0.3) is 17.0 Å². The fraction of sp³-hybridized carbons (Fsp3) is 0.444. The molecule has 0 unspecified atom stereocenters. The summed E-state index contributed by atoms with van der Waals surface area (Å²) in [6.07, 6.45) is 6.39. The Balaban J connectivity index is 1.35. The molecule has 3 aromatic rings. The lowest BCUT2D eigenvalue weighted by atomic mass is 9.95. The molecular formula is C18H22N6OS. The zero-order valence-electron chi connectivity index (χ0n) is 14.5. The topological polar surface area (TPSA) is 84.2 Å². The van der Waals surface area contributed by atoms with Gasteiger partial charge >= 0.3 is 0 Å². The predicted octanol–water partition coefficient (Wildman–Crippen LogP) is 3.10. The van der Waals surface area contributed by atoms with Crippen LogP contribution in [0, 0.1) is 0 Å². The summed E-state index contributed by atoms with van der Waals surface area (Å²) in [6.45, 7) is 0.549. The van der Waals surface area contributed by atoms with E-state index in [-0.39, 0.29) is 5.91 Å². The van der Waals surface area contributed by atoms with E-state index in [1.54, 1.807) is 15.9 Å². The van der Waals surface area contributed by atoms with E-state index < -0.39 is 0 Å². The van der Waals surface area contributed by atoms with Gasteiger partial charge in [-0.1, -0.05) is 19.3 Å². The van der Waals surface area contributed by atoms with Crippen molar-refractivity contribution >= 4 is 28.7 Å². The van der Waals surface area contributed by atoms with Gasteiger partial charge in [0.05, 0.1) is 0 Å². The third-order valence-corrected chi connectivity index (χ3v) is 5.35. The van der Waals surface area contributed by atoms with Crippen molar-refractivity contribution in [2.45, 2.75) is 44.6 Å².